The summed E-state index contributed by atoms with van der Waals surface area (Å²) in [6.45, 7) is 7.00. The highest BCUT2D eigenvalue weighted by molar-refractivity contribution is 7.89. The number of rotatable bonds is 3. The van der Waals surface area contributed by atoms with E-state index in [4.69, 9.17) is 5.73 Å². The molecule has 4 nitrogen and oxygen atoms in total. The van der Waals surface area contributed by atoms with E-state index in [1.54, 1.807) is 16.4 Å². The van der Waals surface area contributed by atoms with Gasteiger partial charge in [-0.05, 0) is 49.4 Å². The fraction of sp³-hybridized carbons (Fsp3) is 0.571. The first-order valence-corrected chi connectivity index (χ1v) is 8.17. The van der Waals surface area contributed by atoms with Crippen LogP contribution in [0.25, 0.3) is 0 Å². The summed E-state index contributed by atoms with van der Waals surface area (Å²) in [5, 5.41) is 0. The quantitative estimate of drug-likeness (QED) is 0.865. The molecule has 0 bridgehead atoms. The Morgan fingerprint density at radius 1 is 1.32 bits per heavy atom. The Kier molecular flexibility index (Phi) is 3.87. The summed E-state index contributed by atoms with van der Waals surface area (Å²) in [6.07, 6.45) is 1.99. The second-order valence-electron chi connectivity index (χ2n) is 5.41. The molecule has 0 aliphatic carbocycles. The highest BCUT2D eigenvalue weighted by atomic mass is 32.2. The predicted octanol–water partition coefficient (Wildman–Crippen LogP) is 2.31. The fourth-order valence-corrected chi connectivity index (χ4v) is 4.81. The minimum atomic E-state index is -3.38. The first-order valence-electron chi connectivity index (χ1n) is 6.73. The molecule has 1 aromatic rings. The van der Waals surface area contributed by atoms with Crippen molar-refractivity contribution in [1.29, 1.82) is 0 Å². The van der Waals surface area contributed by atoms with E-state index in [0.29, 0.717) is 29.6 Å². The number of nitrogens with two attached hydrogens (primary N) is 1. The molecule has 106 valence electrons. The molecular formula is C14H22N2O2S. The normalized spacial score (nSPS) is 20.9. The maximum Gasteiger partial charge on any atom is 0.243 e. The summed E-state index contributed by atoms with van der Waals surface area (Å²) < 4.78 is 27.1. The summed E-state index contributed by atoms with van der Waals surface area (Å²) in [5.41, 5.74) is 7.84. The van der Waals surface area contributed by atoms with Gasteiger partial charge in [-0.2, -0.15) is 4.31 Å². The van der Waals surface area contributed by atoms with Crippen molar-refractivity contribution in [3.05, 3.63) is 23.3 Å². The van der Waals surface area contributed by atoms with E-state index in [-0.39, 0.29) is 0 Å². The molecule has 5 heteroatoms. The van der Waals surface area contributed by atoms with Crippen molar-refractivity contribution in [3.8, 4) is 0 Å². The summed E-state index contributed by atoms with van der Waals surface area (Å²) in [7, 11) is -3.38. The van der Waals surface area contributed by atoms with Crippen LogP contribution in [0.2, 0.25) is 0 Å². The number of nitrogen functional groups attached to an aromatic ring is 1. The topological polar surface area (TPSA) is 63.4 Å². The molecule has 1 aliphatic rings. The molecule has 0 spiro atoms. The van der Waals surface area contributed by atoms with Gasteiger partial charge in [-0.25, -0.2) is 8.42 Å². The molecule has 0 radical (unpaired) electrons. The maximum absolute atomic E-state index is 12.7. The third-order valence-electron chi connectivity index (χ3n) is 3.91. The molecule has 1 aromatic carbocycles. The van der Waals surface area contributed by atoms with Crippen LogP contribution < -0.4 is 5.73 Å². The van der Waals surface area contributed by atoms with E-state index >= 15 is 0 Å². The van der Waals surface area contributed by atoms with Crippen molar-refractivity contribution in [2.75, 3.05) is 18.8 Å². The number of sulfonamides is 1. The first-order chi connectivity index (χ1) is 8.86. The Morgan fingerprint density at radius 3 is 2.37 bits per heavy atom. The van der Waals surface area contributed by atoms with Gasteiger partial charge in [0, 0.05) is 18.8 Å². The summed E-state index contributed by atoms with van der Waals surface area (Å²) in [4.78, 5) is 0.429. The van der Waals surface area contributed by atoms with Crippen LogP contribution in [0.3, 0.4) is 0 Å². The number of benzene rings is 1. The molecule has 0 amide bonds. The average Bonchev–Trinajstić information content (AvgIpc) is 2.75. The lowest BCUT2D eigenvalue weighted by Gasteiger charge is -2.20. The molecule has 0 saturated carbocycles. The Balaban J connectivity index is 2.41. The predicted molar refractivity (Wildman–Crippen MR) is 77.5 cm³/mol. The summed E-state index contributed by atoms with van der Waals surface area (Å²) >= 11 is 0. The van der Waals surface area contributed by atoms with Gasteiger partial charge in [0.15, 0.2) is 0 Å². The van der Waals surface area contributed by atoms with Crippen LogP contribution in [-0.4, -0.2) is 25.8 Å². The van der Waals surface area contributed by atoms with E-state index in [2.05, 4.69) is 6.92 Å². The van der Waals surface area contributed by atoms with Crippen molar-refractivity contribution in [3.63, 3.8) is 0 Å². The lowest BCUT2D eigenvalue weighted by Crippen LogP contribution is -2.30. The average molecular weight is 282 g/mol. The van der Waals surface area contributed by atoms with Crippen LogP contribution in [0.15, 0.2) is 17.0 Å². The minimum Gasteiger partial charge on any atom is -0.399 e. The van der Waals surface area contributed by atoms with Crippen LogP contribution in [0.1, 0.15) is 30.9 Å². The number of aryl methyl sites for hydroxylation is 2. The summed E-state index contributed by atoms with van der Waals surface area (Å²) in [6, 6.07) is 3.46. The molecule has 19 heavy (non-hydrogen) atoms. The SMILES string of the molecule is CCC1CCN(S(=O)(=O)c2c(C)cc(N)cc2C)C1. The molecule has 1 heterocycles. The van der Waals surface area contributed by atoms with Crippen LogP contribution in [0, 0.1) is 19.8 Å². The van der Waals surface area contributed by atoms with Crippen LogP contribution in [-0.2, 0) is 10.0 Å². The van der Waals surface area contributed by atoms with Crippen molar-refractivity contribution in [2.24, 2.45) is 5.92 Å². The van der Waals surface area contributed by atoms with E-state index < -0.39 is 10.0 Å². The lowest BCUT2D eigenvalue weighted by atomic mass is 10.1. The van der Waals surface area contributed by atoms with Gasteiger partial charge in [-0.1, -0.05) is 13.3 Å². The smallest absolute Gasteiger partial charge is 0.243 e. The lowest BCUT2D eigenvalue weighted by molar-refractivity contribution is 0.452. The number of hydrogen-bond donors (Lipinski definition) is 1. The van der Waals surface area contributed by atoms with Gasteiger partial charge < -0.3 is 5.73 Å². The maximum atomic E-state index is 12.7. The van der Waals surface area contributed by atoms with E-state index in [9.17, 15) is 8.42 Å². The Bertz CT molecular complexity index is 558. The number of nitrogens with zero attached hydrogens (tertiary/aromatic N) is 1. The third-order valence-corrected chi connectivity index (χ3v) is 6.08. The third kappa shape index (κ3) is 2.62. The van der Waals surface area contributed by atoms with Crippen LogP contribution in [0.5, 0.6) is 0 Å². The molecular weight excluding hydrogens is 260 g/mol. The second kappa shape index (κ2) is 5.13. The Hall–Kier alpha value is -1.07. The van der Waals surface area contributed by atoms with E-state index in [1.807, 2.05) is 13.8 Å². The molecule has 1 aliphatic heterocycles. The minimum absolute atomic E-state index is 0.429. The zero-order valence-corrected chi connectivity index (χ0v) is 12.6. The molecule has 1 unspecified atom stereocenters. The molecule has 1 atom stereocenters. The fourth-order valence-electron chi connectivity index (χ4n) is 2.87. The monoisotopic (exact) mass is 282 g/mol. The van der Waals surface area contributed by atoms with Gasteiger partial charge in [-0.15, -0.1) is 0 Å². The number of anilines is 1. The van der Waals surface area contributed by atoms with Crippen molar-refractivity contribution in [1.82, 2.24) is 4.31 Å². The molecule has 1 saturated heterocycles. The molecule has 0 aromatic heterocycles. The highest BCUT2D eigenvalue weighted by Crippen LogP contribution is 2.30. The van der Waals surface area contributed by atoms with Gasteiger partial charge in [0.1, 0.15) is 0 Å². The van der Waals surface area contributed by atoms with E-state index in [0.717, 1.165) is 24.0 Å². The van der Waals surface area contributed by atoms with Crippen molar-refractivity contribution in [2.45, 2.75) is 38.5 Å². The molecule has 2 rings (SSSR count). The van der Waals surface area contributed by atoms with Crippen LogP contribution in [0.4, 0.5) is 5.69 Å². The first kappa shape index (κ1) is 14.3. The molecule has 2 N–H and O–H groups in total. The second-order valence-corrected chi connectivity index (χ2v) is 7.28. The zero-order valence-electron chi connectivity index (χ0n) is 11.8. The van der Waals surface area contributed by atoms with E-state index in [1.165, 1.54) is 0 Å². The van der Waals surface area contributed by atoms with Gasteiger partial charge >= 0.3 is 0 Å². The van der Waals surface area contributed by atoms with Crippen molar-refractivity contribution < 1.29 is 8.42 Å². The largest absolute Gasteiger partial charge is 0.399 e. The highest BCUT2D eigenvalue weighted by Gasteiger charge is 2.33. The van der Waals surface area contributed by atoms with Gasteiger partial charge in [0.25, 0.3) is 0 Å². The standard InChI is InChI=1S/C14H22N2O2S/c1-4-12-5-6-16(9-12)19(17,18)14-10(2)7-13(15)8-11(14)3/h7-8,12H,4-6,9,15H2,1-3H3. The number of hydrogen-bond acceptors (Lipinski definition) is 3. The Labute approximate surface area is 115 Å². The van der Waals surface area contributed by atoms with Crippen LogP contribution >= 0.6 is 0 Å². The summed E-state index contributed by atoms with van der Waals surface area (Å²) in [5.74, 6) is 0.490. The van der Waals surface area contributed by atoms with Gasteiger partial charge in [-0.3, -0.25) is 0 Å². The van der Waals surface area contributed by atoms with Gasteiger partial charge in [0.05, 0.1) is 4.90 Å². The molecule has 1 fully saturated rings. The Morgan fingerprint density at radius 2 is 1.89 bits per heavy atom. The zero-order chi connectivity index (χ0) is 14.2. The van der Waals surface area contributed by atoms with Gasteiger partial charge in [0.2, 0.25) is 10.0 Å². The van der Waals surface area contributed by atoms with Crippen molar-refractivity contribution >= 4 is 15.7 Å².